The summed E-state index contributed by atoms with van der Waals surface area (Å²) >= 11 is 0. The molecule has 0 spiro atoms. The average molecular weight is 454 g/mol. The fourth-order valence-electron chi connectivity index (χ4n) is 3.21. The molecule has 2 aromatic carbocycles. The lowest BCUT2D eigenvalue weighted by Gasteiger charge is -2.26. The van der Waals surface area contributed by atoms with Crippen molar-refractivity contribution in [1.29, 1.82) is 0 Å². The second kappa shape index (κ2) is 9.52. The Hall–Kier alpha value is -2.85. The van der Waals surface area contributed by atoms with E-state index in [1.165, 1.54) is 29.6 Å². The number of hydrogen-bond donors (Lipinski definition) is 1. The van der Waals surface area contributed by atoms with Crippen molar-refractivity contribution in [3.05, 3.63) is 59.4 Å². The third kappa shape index (κ3) is 5.26. The number of carbonyl (C=O) groups is 1. The summed E-state index contributed by atoms with van der Waals surface area (Å²) < 4.78 is 72.6. The molecule has 0 unspecified atom stereocenters. The molecular weight excluding hydrogens is 433 g/mol. The highest BCUT2D eigenvalue weighted by atomic mass is 32.2. The Morgan fingerprint density at radius 1 is 1.03 bits per heavy atom. The molecule has 1 heterocycles. The number of ether oxygens (including phenoxy) is 1. The van der Waals surface area contributed by atoms with Crippen LogP contribution in [0.4, 0.5) is 18.9 Å². The van der Waals surface area contributed by atoms with Crippen LogP contribution in [0.3, 0.4) is 0 Å². The number of benzene rings is 2. The quantitative estimate of drug-likeness (QED) is 0.530. The lowest BCUT2D eigenvalue weighted by molar-refractivity contribution is -0.111. The average Bonchev–Trinajstić information content (AvgIpc) is 2.76. The van der Waals surface area contributed by atoms with Crippen LogP contribution in [0.5, 0.6) is 5.75 Å². The highest BCUT2D eigenvalue weighted by Crippen LogP contribution is 2.30. The maximum atomic E-state index is 13.7. The van der Waals surface area contributed by atoms with Gasteiger partial charge in [-0.1, -0.05) is 12.5 Å². The van der Waals surface area contributed by atoms with Gasteiger partial charge in [-0.15, -0.1) is 0 Å². The molecule has 166 valence electrons. The van der Waals surface area contributed by atoms with Crippen LogP contribution in [0.15, 0.2) is 41.3 Å². The second-order valence-corrected chi connectivity index (χ2v) is 8.85. The van der Waals surface area contributed by atoms with Crippen LogP contribution in [-0.4, -0.2) is 38.8 Å². The van der Waals surface area contributed by atoms with Crippen LogP contribution in [-0.2, 0) is 14.8 Å². The topological polar surface area (TPSA) is 75.7 Å². The number of sulfonamides is 1. The maximum absolute atomic E-state index is 13.7. The van der Waals surface area contributed by atoms with Gasteiger partial charge in [-0.3, -0.25) is 4.79 Å². The standard InChI is InChI=1S/C21H21F3N2O4S/c1-30-19-7-5-14(11-20(19)31(28,29)26-9-3-2-4-10-26)6-8-21(27)25-18-13-16(23)15(22)12-17(18)24/h5-8,11-13H,2-4,9-10H2,1H3,(H,25,27). The van der Waals surface area contributed by atoms with Crippen LogP contribution < -0.4 is 10.1 Å². The van der Waals surface area contributed by atoms with E-state index in [0.717, 1.165) is 25.3 Å². The van der Waals surface area contributed by atoms with Crippen LogP contribution in [0, 0.1) is 17.5 Å². The summed E-state index contributed by atoms with van der Waals surface area (Å²) in [6, 6.07) is 5.27. The summed E-state index contributed by atoms with van der Waals surface area (Å²) in [5.41, 5.74) is -0.131. The molecule has 1 aliphatic heterocycles. The maximum Gasteiger partial charge on any atom is 0.248 e. The van der Waals surface area contributed by atoms with E-state index in [1.54, 1.807) is 6.07 Å². The summed E-state index contributed by atoms with van der Waals surface area (Å²) in [5.74, 6) is -4.42. The highest BCUT2D eigenvalue weighted by molar-refractivity contribution is 7.89. The monoisotopic (exact) mass is 454 g/mol. The summed E-state index contributed by atoms with van der Waals surface area (Å²) in [6.45, 7) is 0.849. The van der Waals surface area contributed by atoms with E-state index >= 15 is 0 Å². The molecule has 0 aromatic heterocycles. The van der Waals surface area contributed by atoms with E-state index < -0.39 is 39.1 Å². The Morgan fingerprint density at radius 2 is 1.71 bits per heavy atom. The van der Waals surface area contributed by atoms with Gasteiger partial charge < -0.3 is 10.1 Å². The summed E-state index contributed by atoms with van der Waals surface area (Å²) in [6.07, 6.45) is 4.88. The molecule has 1 fully saturated rings. The SMILES string of the molecule is COc1ccc(C=CC(=O)Nc2cc(F)c(F)cc2F)cc1S(=O)(=O)N1CCCCC1. The molecule has 3 rings (SSSR count). The number of rotatable bonds is 6. The number of piperidine rings is 1. The van der Waals surface area contributed by atoms with Gasteiger partial charge in [0, 0.05) is 31.3 Å². The lowest BCUT2D eigenvalue weighted by Crippen LogP contribution is -2.35. The van der Waals surface area contributed by atoms with Crippen molar-refractivity contribution in [2.24, 2.45) is 0 Å². The normalized spacial score (nSPS) is 15.2. The Balaban J connectivity index is 1.82. The van der Waals surface area contributed by atoms with Gasteiger partial charge in [-0.05, 0) is 36.6 Å². The van der Waals surface area contributed by atoms with Crippen LogP contribution in [0.2, 0.25) is 0 Å². The number of nitrogens with zero attached hydrogens (tertiary/aromatic N) is 1. The third-order valence-corrected chi connectivity index (χ3v) is 6.74. The van der Waals surface area contributed by atoms with Gasteiger partial charge >= 0.3 is 0 Å². The van der Waals surface area contributed by atoms with Gasteiger partial charge in [0.15, 0.2) is 11.6 Å². The molecule has 0 atom stereocenters. The van der Waals surface area contributed by atoms with Gasteiger partial charge in [-0.25, -0.2) is 21.6 Å². The molecule has 0 bridgehead atoms. The van der Waals surface area contributed by atoms with Crippen molar-refractivity contribution in [2.75, 3.05) is 25.5 Å². The first kappa shape index (κ1) is 22.8. The van der Waals surface area contributed by atoms with Crippen molar-refractivity contribution < 1.29 is 31.1 Å². The zero-order valence-electron chi connectivity index (χ0n) is 16.7. The molecule has 1 saturated heterocycles. The highest BCUT2D eigenvalue weighted by Gasteiger charge is 2.29. The van der Waals surface area contributed by atoms with Crippen molar-refractivity contribution in [3.8, 4) is 5.75 Å². The first-order chi connectivity index (χ1) is 14.7. The predicted octanol–water partition coefficient (Wildman–Crippen LogP) is 3.94. The number of anilines is 1. The van der Waals surface area contributed by atoms with Crippen LogP contribution in [0.1, 0.15) is 24.8 Å². The van der Waals surface area contributed by atoms with Gasteiger partial charge in [-0.2, -0.15) is 4.31 Å². The summed E-state index contributed by atoms with van der Waals surface area (Å²) in [7, 11) is -2.42. The number of halogens is 3. The Bertz CT molecular complexity index is 1110. The van der Waals surface area contributed by atoms with Gasteiger partial charge in [0.25, 0.3) is 0 Å². The van der Waals surface area contributed by atoms with Gasteiger partial charge in [0.05, 0.1) is 12.8 Å². The van der Waals surface area contributed by atoms with Crippen molar-refractivity contribution in [1.82, 2.24) is 4.31 Å². The van der Waals surface area contributed by atoms with E-state index in [0.29, 0.717) is 30.8 Å². The fourth-order valence-corrected chi connectivity index (χ4v) is 4.92. The first-order valence-corrected chi connectivity index (χ1v) is 11.0. The van der Waals surface area contributed by atoms with E-state index in [9.17, 15) is 26.4 Å². The molecule has 2 aromatic rings. The molecule has 1 N–H and O–H groups in total. The summed E-state index contributed by atoms with van der Waals surface area (Å²) in [4.78, 5) is 12.0. The van der Waals surface area contributed by atoms with Gasteiger partial charge in [0.2, 0.25) is 15.9 Å². The van der Waals surface area contributed by atoms with Crippen molar-refractivity contribution >= 4 is 27.7 Å². The van der Waals surface area contributed by atoms with E-state index in [2.05, 4.69) is 5.32 Å². The number of methoxy groups -OCH3 is 1. The largest absolute Gasteiger partial charge is 0.495 e. The van der Waals surface area contributed by atoms with E-state index in [-0.39, 0.29) is 10.6 Å². The zero-order chi connectivity index (χ0) is 22.6. The van der Waals surface area contributed by atoms with E-state index in [4.69, 9.17) is 4.74 Å². The van der Waals surface area contributed by atoms with Crippen molar-refractivity contribution in [3.63, 3.8) is 0 Å². The predicted molar refractivity (Wildman–Crippen MR) is 110 cm³/mol. The first-order valence-electron chi connectivity index (χ1n) is 9.54. The minimum atomic E-state index is -3.78. The number of nitrogens with one attached hydrogen (secondary N) is 1. The second-order valence-electron chi connectivity index (χ2n) is 6.94. The Labute approximate surface area is 178 Å². The molecule has 10 heteroatoms. The molecule has 1 aliphatic rings. The van der Waals surface area contributed by atoms with Crippen LogP contribution >= 0.6 is 0 Å². The molecule has 0 aliphatic carbocycles. The fraction of sp³-hybridized carbons (Fsp3) is 0.286. The number of amides is 1. The Morgan fingerprint density at radius 3 is 2.39 bits per heavy atom. The third-order valence-electron chi connectivity index (χ3n) is 4.82. The molecule has 31 heavy (non-hydrogen) atoms. The molecule has 0 saturated carbocycles. The minimum absolute atomic E-state index is 0.0221. The van der Waals surface area contributed by atoms with Crippen LogP contribution in [0.25, 0.3) is 6.08 Å². The molecular formula is C21H21F3N2O4S. The molecule has 6 nitrogen and oxygen atoms in total. The Kier molecular flexibility index (Phi) is 7.01. The number of carbonyl (C=O) groups excluding carboxylic acids is 1. The van der Waals surface area contributed by atoms with Gasteiger partial charge in [0.1, 0.15) is 16.5 Å². The van der Waals surface area contributed by atoms with Crippen molar-refractivity contribution in [2.45, 2.75) is 24.2 Å². The molecule has 0 radical (unpaired) electrons. The summed E-state index contributed by atoms with van der Waals surface area (Å²) in [5, 5.41) is 2.11. The number of hydrogen-bond acceptors (Lipinski definition) is 4. The smallest absolute Gasteiger partial charge is 0.248 e. The zero-order valence-corrected chi connectivity index (χ0v) is 17.5. The molecule has 1 amide bonds. The lowest BCUT2D eigenvalue weighted by atomic mass is 10.2. The minimum Gasteiger partial charge on any atom is -0.495 e. The van der Waals surface area contributed by atoms with E-state index in [1.807, 2.05) is 0 Å².